The quantitative estimate of drug-likeness (QED) is 0.0152. The monoisotopic (exact) mass is 2050 g/mol. The van der Waals surface area contributed by atoms with Gasteiger partial charge in [0, 0.05) is 104 Å². The van der Waals surface area contributed by atoms with Gasteiger partial charge >= 0.3 is 18.2 Å². The molecule has 0 unspecified atom stereocenters. The van der Waals surface area contributed by atoms with Crippen molar-refractivity contribution < 1.29 is 95.5 Å². The molecule has 8 N–H and O–H groups in total. The van der Waals surface area contributed by atoms with Crippen LogP contribution in [0.1, 0.15) is 173 Å². The Morgan fingerprint density at radius 1 is 0.340 bits per heavy atom. The topological polar surface area (TPSA) is 337 Å². The molecule has 13 aromatic carbocycles. The number of amides is 4. The van der Waals surface area contributed by atoms with E-state index in [1.807, 2.05) is 330 Å². The lowest BCUT2D eigenvalue weighted by Crippen LogP contribution is -2.51. The van der Waals surface area contributed by atoms with Crippen LogP contribution in [0.2, 0.25) is 0 Å². The lowest BCUT2D eigenvalue weighted by Gasteiger charge is -2.31. The minimum Gasteiger partial charge on any atom is -0.488 e. The Hall–Kier alpha value is -13.5. The number of aldehydes is 1. The van der Waals surface area contributed by atoms with E-state index in [9.17, 15) is 33.9 Å². The second kappa shape index (κ2) is 65.5. The number of fused-ring (bicyclic) bond motifs is 4. The van der Waals surface area contributed by atoms with Crippen molar-refractivity contribution in [2.75, 3.05) is 79.0 Å². The van der Waals surface area contributed by atoms with Gasteiger partial charge in [-0.1, -0.05) is 267 Å². The standard InChI is InChI=1S/C38H46N2O6.C30H40N2O4.C21H25NO5.C17H23NO2.C11H8O.C6H15NO2/c1-6-43-35(44-7-2)26-40(25-31-18-13-17-30-16-11-12-19-33(30)31)36(41)34(39-37(42)45-27-29-14-9-8-10-15-29)24-28-20-22-32(23-21-28)46-38(3,4)5;1-6-34-28(35-7-2)21-32(20-24-13-10-12-23-11-8-9-14-26(23)24)29(33)27(31)19-22-15-17-25(18-16-22)36-30(3,4)5;1-21(2,3)27-17-11-9-15(10-12-17)13-18(19(23)24)22-20(25)26-14-16-7-5-4-6-8-16;1-3-19-17(20-4-2)13-18-12-15-10-7-9-14-8-5-6-11-16(14)15;12-8-10-6-3-5-9-4-1-2-7-11(9)10;1-3-8-6(5-7)9-4-2/h8-23,34-35H,6-7,24-27H2,1-5H3,(H,39,42);8-18,27-28H,6-7,19-21,31H2,1-5H3;4-12,18H,13-14H2,1-3H3,(H,22,25)(H,23,24);5-11,17-18H,3-4,12-13H2,1-2H3;1-8H;6H,3-5,7H2,1-2H3/t34-;27-;18-;;;/m000.../s1. The number of hydrogen-bond donors (Lipinski definition) is 6. The molecule has 0 spiro atoms. The van der Waals surface area contributed by atoms with E-state index in [1.165, 1.54) is 16.3 Å². The van der Waals surface area contributed by atoms with Gasteiger partial charge < -0.3 is 104 Å². The number of benzene rings is 13. The summed E-state index contributed by atoms with van der Waals surface area (Å²) in [7, 11) is 0. The molecule has 0 heterocycles. The number of carbonyl (C=O) groups is 6. The number of aliphatic carboxylic acids is 1. The van der Waals surface area contributed by atoms with Crippen molar-refractivity contribution in [2.24, 2.45) is 11.5 Å². The van der Waals surface area contributed by atoms with Gasteiger partial charge in [-0.15, -0.1) is 0 Å². The van der Waals surface area contributed by atoms with Crippen LogP contribution in [0.4, 0.5) is 9.59 Å². The van der Waals surface area contributed by atoms with Crippen LogP contribution in [-0.4, -0.2) is 190 Å². The van der Waals surface area contributed by atoms with Crippen molar-refractivity contribution in [3.63, 3.8) is 0 Å². The van der Waals surface area contributed by atoms with Crippen LogP contribution in [-0.2, 0) is 114 Å². The number of nitrogens with zero attached hydrogens (tertiary/aromatic N) is 2. The zero-order valence-electron chi connectivity index (χ0n) is 90.4. The summed E-state index contributed by atoms with van der Waals surface area (Å²) in [5.41, 5.74) is 19.2. The Bertz CT molecular complexity index is 6080. The predicted molar refractivity (Wildman–Crippen MR) is 595 cm³/mol. The molecule has 0 aliphatic carbocycles. The first kappa shape index (κ1) is 122. The highest BCUT2D eigenvalue weighted by Gasteiger charge is 2.32. The van der Waals surface area contributed by atoms with Crippen molar-refractivity contribution in [1.29, 1.82) is 0 Å². The molecule has 0 aromatic heterocycles. The lowest BCUT2D eigenvalue weighted by atomic mass is 10.0. The highest BCUT2D eigenvalue weighted by Crippen LogP contribution is 2.29. The maximum absolute atomic E-state index is 14.5. The molecule has 3 atom stereocenters. The zero-order valence-corrected chi connectivity index (χ0v) is 90.4. The largest absolute Gasteiger partial charge is 0.488 e. The first-order valence-electron chi connectivity index (χ1n) is 51.7. The molecule has 804 valence electrons. The van der Waals surface area contributed by atoms with Gasteiger partial charge in [0.15, 0.2) is 31.4 Å². The Morgan fingerprint density at radius 3 is 1.01 bits per heavy atom. The van der Waals surface area contributed by atoms with E-state index in [0.717, 1.165) is 101 Å². The Labute approximate surface area is 886 Å². The van der Waals surface area contributed by atoms with Crippen LogP contribution in [0, 0.1) is 0 Å². The highest BCUT2D eigenvalue weighted by molar-refractivity contribution is 5.98. The third kappa shape index (κ3) is 44.7. The van der Waals surface area contributed by atoms with Crippen LogP contribution < -0.4 is 41.6 Å². The number of ether oxygens (including phenoxy) is 13. The van der Waals surface area contributed by atoms with Gasteiger partial charge in [-0.3, -0.25) is 14.4 Å². The third-order valence-corrected chi connectivity index (χ3v) is 22.6. The van der Waals surface area contributed by atoms with Crippen molar-refractivity contribution in [1.82, 2.24) is 25.8 Å². The second-order valence-electron chi connectivity index (χ2n) is 37.9. The van der Waals surface area contributed by atoms with E-state index in [4.69, 9.17) is 73.0 Å². The molecule has 0 fully saturated rings. The number of carboxylic acid groups (broad SMARTS) is 1. The molecule has 0 saturated carbocycles. The second-order valence-corrected chi connectivity index (χ2v) is 37.9. The van der Waals surface area contributed by atoms with E-state index in [2.05, 4.69) is 82.7 Å². The van der Waals surface area contributed by atoms with Crippen LogP contribution in [0.3, 0.4) is 0 Å². The highest BCUT2D eigenvalue weighted by atomic mass is 16.7. The first-order chi connectivity index (χ1) is 72.2. The normalized spacial score (nSPS) is 11.9. The Morgan fingerprint density at radius 2 is 0.647 bits per heavy atom. The molecule has 0 saturated heterocycles. The van der Waals surface area contributed by atoms with Crippen molar-refractivity contribution >= 4 is 79.3 Å². The Balaban J connectivity index is 0.000000235. The average molecular weight is 2050 g/mol. The summed E-state index contributed by atoms with van der Waals surface area (Å²) >= 11 is 0. The van der Waals surface area contributed by atoms with Gasteiger partial charge in [-0.25, -0.2) is 14.4 Å². The van der Waals surface area contributed by atoms with Gasteiger partial charge in [0.1, 0.15) is 59.3 Å². The predicted octanol–water partition coefficient (Wildman–Crippen LogP) is 22.7. The van der Waals surface area contributed by atoms with Crippen LogP contribution >= 0.6 is 0 Å². The summed E-state index contributed by atoms with van der Waals surface area (Å²) in [6.07, 6.45) is -1.25. The fourth-order valence-corrected chi connectivity index (χ4v) is 16.0. The molecule has 27 heteroatoms. The fraction of sp³-hybridized carbons (Fsp3) is 0.382. The summed E-state index contributed by atoms with van der Waals surface area (Å²) in [6.45, 7) is 41.1. The molecule has 150 heavy (non-hydrogen) atoms. The zero-order chi connectivity index (χ0) is 109. The minimum absolute atomic E-state index is 0.0812. The van der Waals surface area contributed by atoms with E-state index < -0.39 is 48.9 Å². The van der Waals surface area contributed by atoms with Crippen LogP contribution in [0.15, 0.2) is 303 Å². The number of nitrogens with one attached hydrogen (secondary N) is 3. The summed E-state index contributed by atoms with van der Waals surface area (Å²) in [6, 6.07) is 95.3. The molecule has 4 amide bonds. The first-order valence-corrected chi connectivity index (χ1v) is 51.7. The summed E-state index contributed by atoms with van der Waals surface area (Å²) < 4.78 is 72.7. The maximum Gasteiger partial charge on any atom is 0.408 e. The SMILES string of the molecule is CC(C)(C)Oc1ccc(C[C@H](NC(=O)OCc2ccccc2)C(=O)O)cc1.CCOC(CN(Cc1cccc2ccccc12)C(=O)[C@@H](N)Cc1ccc(OC(C)(C)C)cc1)OCC.CCOC(CN(Cc1cccc2ccccc12)C(=O)[C@H](Cc1ccc(OC(C)(C)C)cc1)NC(=O)OCc1ccccc1)OCC.CCOC(CN)OCC.CCOC(CNCc1cccc2ccccc12)OCC.O=Cc1cccc2ccccc12. The fourth-order valence-electron chi connectivity index (χ4n) is 16.0. The molecule has 0 aliphatic rings. The van der Waals surface area contributed by atoms with Gasteiger partial charge in [0.2, 0.25) is 11.8 Å². The number of nitrogens with two attached hydrogens (primary N) is 2. The minimum atomic E-state index is -1.12. The van der Waals surface area contributed by atoms with E-state index in [0.29, 0.717) is 97.7 Å². The van der Waals surface area contributed by atoms with Gasteiger partial charge in [-0.05, 0) is 248 Å². The molecule has 0 radical (unpaired) electrons. The smallest absolute Gasteiger partial charge is 0.408 e. The van der Waals surface area contributed by atoms with Crippen molar-refractivity contribution in [3.05, 3.63) is 353 Å². The molecule has 13 aromatic rings. The Kier molecular flexibility index (Phi) is 53.1. The molecular weight excluding hydrogens is 1900 g/mol. The van der Waals surface area contributed by atoms with Crippen LogP contribution in [0.5, 0.6) is 17.2 Å². The number of carbonyl (C=O) groups excluding carboxylic acids is 5. The van der Waals surface area contributed by atoms with Crippen molar-refractivity contribution in [2.45, 2.75) is 230 Å². The lowest BCUT2D eigenvalue weighted by molar-refractivity contribution is -0.160. The number of alkyl carbamates (subject to hydrolysis) is 2. The van der Waals surface area contributed by atoms with Gasteiger partial charge in [-0.2, -0.15) is 0 Å². The summed E-state index contributed by atoms with van der Waals surface area (Å²) in [5, 5.41) is 27.1. The molecule has 13 rings (SSSR count). The third-order valence-electron chi connectivity index (χ3n) is 22.6. The summed E-state index contributed by atoms with van der Waals surface area (Å²) in [4.78, 5) is 78.8. The van der Waals surface area contributed by atoms with Gasteiger partial charge in [0.05, 0.1) is 19.1 Å². The van der Waals surface area contributed by atoms with Gasteiger partial charge in [0.25, 0.3) is 0 Å². The van der Waals surface area contributed by atoms with E-state index in [1.54, 1.807) is 34.1 Å². The molecule has 0 bridgehead atoms. The summed E-state index contributed by atoms with van der Waals surface area (Å²) in [5.74, 6) is 0.685. The number of carboxylic acids is 1. The average Bonchev–Trinajstić information content (AvgIpc) is 0.803. The number of hydrogen-bond acceptors (Lipinski definition) is 22. The van der Waals surface area contributed by atoms with Crippen molar-refractivity contribution in [3.8, 4) is 17.2 Å². The number of rotatable bonds is 48. The molecule has 27 nitrogen and oxygen atoms in total. The van der Waals surface area contributed by atoms with Crippen LogP contribution in [0.25, 0.3) is 43.1 Å². The molecular formula is C123H157N7O20. The molecule has 0 aliphatic heterocycles. The maximum atomic E-state index is 14.5. The van der Waals surface area contributed by atoms with E-state index in [-0.39, 0.29) is 73.8 Å². The van der Waals surface area contributed by atoms with E-state index >= 15 is 0 Å².